The van der Waals surface area contributed by atoms with Gasteiger partial charge in [0.1, 0.15) is 36.3 Å². The Hall–Kier alpha value is -4.25. The average Bonchev–Trinajstić information content (AvgIpc) is 3.72. The number of morpholine rings is 1. The van der Waals surface area contributed by atoms with E-state index in [0.29, 0.717) is 40.9 Å². The Morgan fingerprint density at radius 3 is 2.61 bits per heavy atom. The number of anilines is 2. The zero-order valence-corrected chi connectivity index (χ0v) is 25.3. The van der Waals surface area contributed by atoms with Crippen molar-refractivity contribution in [3.63, 3.8) is 0 Å². The van der Waals surface area contributed by atoms with E-state index in [1.165, 1.54) is 6.33 Å². The minimum atomic E-state index is -0.176. The van der Waals surface area contributed by atoms with E-state index >= 15 is 0 Å². The molecule has 0 amide bonds. The molecule has 0 radical (unpaired) electrons. The molecule has 4 heterocycles. The average molecular weight is 619 g/mol. The summed E-state index contributed by atoms with van der Waals surface area (Å²) >= 11 is 6.43. The van der Waals surface area contributed by atoms with Crippen molar-refractivity contribution in [2.45, 2.75) is 57.3 Å². The third-order valence-electron chi connectivity index (χ3n) is 7.98. The van der Waals surface area contributed by atoms with Gasteiger partial charge in [-0.05, 0) is 50.3 Å². The maximum absolute atomic E-state index is 9.11. The monoisotopic (exact) mass is 618 g/mol. The molecule has 230 valence electrons. The number of hydrogen-bond acceptors (Lipinski definition) is 11. The Kier molecular flexibility index (Phi) is 9.50. The van der Waals surface area contributed by atoms with Crippen molar-refractivity contribution in [3.8, 4) is 28.8 Å². The first kappa shape index (κ1) is 29.8. The highest BCUT2D eigenvalue weighted by molar-refractivity contribution is 6.32. The molecule has 3 aromatic heterocycles. The van der Waals surface area contributed by atoms with Gasteiger partial charge < -0.3 is 19.5 Å². The molecule has 0 spiro atoms. The lowest BCUT2D eigenvalue weighted by Gasteiger charge is -2.38. The second-order valence-electron chi connectivity index (χ2n) is 11.0. The van der Waals surface area contributed by atoms with Gasteiger partial charge in [-0.3, -0.25) is 9.58 Å². The van der Waals surface area contributed by atoms with Crippen molar-refractivity contribution in [3.05, 3.63) is 54.5 Å². The van der Waals surface area contributed by atoms with Crippen LogP contribution in [0.5, 0.6) is 11.6 Å². The Balaban J connectivity index is 1.11. The summed E-state index contributed by atoms with van der Waals surface area (Å²) in [4.78, 5) is 15.6. The summed E-state index contributed by atoms with van der Waals surface area (Å²) in [7, 11) is 0. The molecule has 1 aliphatic heterocycles. The highest BCUT2D eigenvalue weighted by Gasteiger charge is 2.29. The summed E-state index contributed by atoms with van der Waals surface area (Å²) < 4.78 is 20.9. The first-order valence-electron chi connectivity index (χ1n) is 14.8. The lowest BCUT2D eigenvalue weighted by atomic mass is 9.90. The molecular formula is C30H35ClN10O3. The standard InChI is InChI=1S/C30H35ClN10O3/c1-21(17-40-20-33-19-36-40)44-28-14-22(2-7-26(28)31)23-15-34-30(35-16-23)37-27-18-41(38-29(27)43-11-8-32)25-5-3-24(4-6-25)39-9-12-42-13-10-39/h2,7,14-16,18-21,24-25H,3-6,9-13,17H2,1H3,(H,34,35,37). The van der Waals surface area contributed by atoms with Crippen molar-refractivity contribution in [2.75, 3.05) is 38.2 Å². The van der Waals surface area contributed by atoms with Gasteiger partial charge in [-0.2, -0.15) is 10.4 Å². The number of aromatic nitrogens is 7. The third kappa shape index (κ3) is 7.27. The topological polar surface area (TPSA) is 141 Å². The molecule has 1 unspecified atom stereocenters. The molecule has 44 heavy (non-hydrogen) atoms. The zero-order chi connectivity index (χ0) is 30.3. The van der Waals surface area contributed by atoms with E-state index in [4.69, 9.17) is 36.2 Å². The molecule has 13 nitrogen and oxygen atoms in total. The molecule has 1 atom stereocenters. The number of halogens is 1. The Morgan fingerprint density at radius 1 is 1.11 bits per heavy atom. The molecule has 0 bridgehead atoms. The van der Waals surface area contributed by atoms with Gasteiger partial charge in [0.05, 0.1) is 37.0 Å². The molecule has 2 aliphatic rings. The van der Waals surface area contributed by atoms with E-state index in [2.05, 4.69) is 30.3 Å². The normalized spacial score (nSPS) is 19.7. The summed E-state index contributed by atoms with van der Waals surface area (Å²) in [6.07, 6.45) is 12.6. The van der Waals surface area contributed by atoms with Crippen molar-refractivity contribution < 1.29 is 14.2 Å². The molecule has 4 aromatic rings. The molecule has 1 N–H and O–H groups in total. The van der Waals surface area contributed by atoms with Crippen LogP contribution in [0, 0.1) is 11.3 Å². The Labute approximate surface area is 260 Å². The number of ether oxygens (including phenoxy) is 3. The van der Waals surface area contributed by atoms with E-state index in [1.54, 1.807) is 29.5 Å². The van der Waals surface area contributed by atoms with E-state index in [9.17, 15) is 0 Å². The SMILES string of the molecule is CC(Cn1cncn1)Oc1cc(-c2cnc(Nc3cn(C4CCC(N5CCOCC5)CC4)nc3OCC#N)nc2)ccc1Cl. The number of nitrogens with one attached hydrogen (secondary N) is 1. The van der Waals surface area contributed by atoms with Crippen molar-refractivity contribution in [1.82, 2.24) is 39.4 Å². The lowest BCUT2D eigenvalue weighted by Crippen LogP contribution is -2.45. The van der Waals surface area contributed by atoms with Gasteiger partial charge in [0, 0.05) is 37.1 Å². The maximum Gasteiger partial charge on any atom is 0.257 e. The number of hydrogen-bond donors (Lipinski definition) is 1. The van der Waals surface area contributed by atoms with Crippen LogP contribution in [0.25, 0.3) is 11.1 Å². The van der Waals surface area contributed by atoms with E-state index in [0.717, 1.165) is 63.1 Å². The summed E-state index contributed by atoms with van der Waals surface area (Å²) in [6, 6.07) is 8.44. The number of nitriles is 1. The van der Waals surface area contributed by atoms with Gasteiger partial charge in [0.15, 0.2) is 6.61 Å². The molecule has 1 aromatic carbocycles. The van der Waals surface area contributed by atoms with Crippen LogP contribution in [0.3, 0.4) is 0 Å². The lowest BCUT2D eigenvalue weighted by molar-refractivity contribution is 0.00503. The first-order valence-corrected chi connectivity index (χ1v) is 15.2. The molecule has 1 saturated heterocycles. The fourth-order valence-corrected chi connectivity index (χ4v) is 5.93. The van der Waals surface area contributed by atoms with E-state index in [-0.39, 0.29) is 18.8 Å². The van der Waals surface area contributed by atoms with E-state index in [1.807, 2.05) is 36.0 Å². The quantitative estimate of drug-likeness (QED) is 0.254. The van der Waals surface area contributed by atoms with Gasteiger partial charge in [-0.1, -0.05) is 17.7 Å². The van der Waals surface area contributed by atoms with Gasteiger partial charge in [-0.15, -0.1) is 5.10 Å². The molecule has 1 aliphatic carbocycles. The summed E-state index contributed by atoms with van der Waals surface area (Å²) in [5, 5.41) is 21.7. The third-order valence-corrected chi connectivity index (χ3v) is 8.29. The van der Waals surface area contributed by atoms with Crippen LogP contribution >= 0.6 is 11.6 Å². The van der Waals surface area contributed by atoms with Crippen LogP contribution in [0.15, 0.2) is 49.4 Å². The number of nitrogens with zero attached hydrogens (tertiary/aromatic N) is 9. The van der Waals surface area contributed by atoms with Crippen molar-refractivity contribution >= 4 is 23.2 Å². The van der Waals surface area contributed by atoms with E-state index < -0.39 is 0 Å². The molecule has 2 fully saturated rings. The van der Waals surface area contributed by atoms with Gasteiger partial charge >= 0.3 is 0 Å². The maximum atomic E-state index is 9.11. The summed E-state index contributed by atoms with van der Waals surface area (Å²) in [5.41, 5.74) is 2.28. The van der Waals surface area contributed by atoms with Crippen molar-refractivity contribution in [1.29, 1.82) is 5.26 Å². The molecule has 1 saturated carbocycles. The highest BCUT2D eigenvalue weighted by Crippen LogP contribution is 2.35. The number of rotatable bonds is 11. The Bertz CT molecular complexity index is 1540. The van der Waals surface area contributed by atoms with Crippen LogP contribution in [0.4, 0.5) is 11.6 Å². The Morgan fingerprint density at radius 2 is 1.89 bits per heavy atom. The fraction of sp³-hybridized carbons (Fsp3) is 0.467. The summed E-state index contributed by atoms with van der Waals surface area (Å²) in [5.74, 6) is 1.30. The second-order valence-corrected chi connectivity index (χ2v) is 11.4. The largest absolute Gasteiger partial charge is 0.487 e. The first-order chi connectivity index (χ1) is 21.6. The van der Waals surface area contributed by atoms with Gasteiger partial charge in [0.25, 0.3) is 5.88 Å². The summed E-state index contributed by atoms with van der Waals surface area (Å²) in [6.45, 7) is 6.03. The number of benzene rings is 1. The van der Waals surface area contributed by atoms with Crippen LogP contribution in [0.2, 0.25) is 5.02 Å². The van der Waals surface area contributed by atoms with Crippen molar-refractivity contribution in [2.24, 2.45) is 0 Å². The minimum absolute atomic E-state index is 0.103. The predicted molar refractivity (Wildman–Crippen MR) is 163 cm³/mol. The second kappa shape index (κ2) is 14.0. The minimum Gasteiger partial charge on any atom is -0.487 e. The smallest absolute Gasteiger partial charge is 0.257 e. The predicted octanol–water partition coefficient (Wildman–Crippen LogP) is 4.51. The van der Waals surface area contributed by atoms with Crippen LogP contribution < -0.4 is 14.8 Å². The van der Waals surface area contributed by atoms with Gasteiger partial charge in [-0.25, -0.2) is 19.6 Å². The zero-order valence-electron chi connectivity index (χ0n) is 24.5. The van der Waals surface area contributed by atoms with Crippen LogP contribution in [0.1, 0.15) is 38.6 Å². The molecule has 6 rings (SSSR count). The molecular weight excluding hydrogens is 584 g/mol. The van der Waals surface area contributed by atoms with Crippen LogP contribution in [-0.4, -0.2) is 84.5 Å². The highest BCUT2D eigenvalue weighted by atomic mass is 35.5. The fourth-order valence-electron chi connectivity index (χ4n) is 5.77. The van der Waals surface area contributed by atoms with Crippen LogP contribution in [-0.2, 0) is 11.3 Å². The van der Waals surface area contributed by atoms with Gasteiger partial charge in [0.2, 0.25) is 5.95 Å². The molecule has 14 heteroatoms.